The molecule has 13 nitrogen and oxygen atoms in total. The molecule has 1 amide bonds. The molecule has 2 aromatic rings. The highest BCUT2D eigenvalue weighted by molar-refractivity contribution is 7.91. The molecule has 0 bridgehead atoms. The average molecular weight is 585 g/mol. The molecule has 0 unspecified atom stereocenters. The largest absolute Gasteiger partial charge is 0.490 e. The maximum absolute atomic E-state index is 12.7. The molecule has 1 aromatic heterocycles. The summed E-state index contributed by atoms with van der Waals surface area (Å²) in [4.78, 5) is 38.5. The smallest absolute Gasteiger partial charge is 0.475 e. The number of benzene rings is 1. The predicted molar refractivity (Wildman–Crippen MR) is 132 cm³/mol. The van der Waals surface area contributed by atoms with Crippen LogP contribution < -0.4 is 27.1 Å². The molecule has 0 atom stereocenters. The molecule has 0 aliphatic rings. The number of amides is 1. The number of hydrogen-bond acceptors (Lipinski definition) is 7. The van der Waals surface area contributed by atoms with Crippen molar-refractivity contribution in [3.05, 3.63) is 63.0 Å². The first kappa shape index (κ1) is 32.0. The summed E-state index contributed by atoms with van der Waals surface area (Å²) in [6.45, 7) is 1.44. The fourth-order valence-corrected chi connectivity index (χ4v) is 4.03. The van der Waals surface area contributed by atoms with Crippen LogP contribution in [0.2, 0.25) is 5.02 Å². The van der Waals surface area contributed by atoms with Gasteiger partial charge >= 0.3 is 12.1 Å². The Hall–Kier alpha value is -3.99. The number of aromatic nitrogens is 1. The van der Waals surface area contributed by atoms with E-state index in [-0.39, 0.29) is 31.3 Å². The molecule has 0 spiro atoms. The van der Waals surface area contributed by atoms with E-state index in [2.05, 4.69) is 15.2 Å². The summed E-state index contributed by atoms with van der Waals surface area (Å²) in [5.74, 6) is -3.89. The molecule has 0 saturated carbocycles. The minimum atomic E-state index is -5.08. The maximum Gasteiger partial charge on any atom is 0.490 e. The number of alkyl halides is 3. The Balaban J connectivity index is 0.000000905. The van der Waals surface area contributed by atoms with E-state index in [1.54, 1.807) is 31.2 Å². The molecule has 38 heavy (non-hydrogen) atoms. The van der Waals surface area contributed by atoms with Gasteiger partial charge in [-0.3, -0.25) is 14.3 Å². The van der Waals surface area contributed by atoms with Gasteiger partial charge in [0, 0.05) is 10.7 Å². The number of nitrogens with one attached hydrogen (secondary N) is 2. The Morgan fingerprint density at radius 2 is 1.79 bits per heavy atom. The van der Waals surface area contributed by atoms with Crippen molar-refractivity contribution in [1.82, 2.24) is 9.88 Å². The normalized spacial score (nSPS) is 11.0. The second-order valence-electron chi connectivity index (χ2n) is 7.23. The van der Waals surface area contributed by atoms with E-state index in [0.29, 0.717) is 16.3 Å². The highest BCUT2D eigenvalue weighted by Gasteiger charge is 2.38. The number of carbonyl (C=O) groups excluding carboxylic acids is 1. The van der Waals surface area contributed by atoms with Crippen LogP contribution in [0.15, 0.2) is 46.3 Å². The number of nitrogens with two attached hydrogens (primary N) is 2. The Kier molecular flexibility index (Phi) is 11.9. The lowest BCUT2D eigenvalue weighted by atomic mass is 10.2. The molecule has 18 heteroatoms. The molecule has 0 radical (unpaired) electrons. The Bertz CT molecular complexity index is 1330. The molecule has 1 heterocycles. The quantitative estimate of drug-likeness (QED) is 0.115. The van der Waals surface area contributed by atoms with Gasteiger partial charge in [-0.2, -0.15) is 13.2 Å². The van der Waals surface area contributed by atoms with E-state index in [1.165, 1.54) is 12.1 Å². The van der Waals surface area contributed by atoms with Crippen molar-refractivity contribution in [2.75, 3.05) is 17.9 Å². The number of rotatable bonds is 10. The van der Waals surface area contributed by atoms with Gasteiger partial charge in [0.2, 0.25) is 21.9 Å². The van der Waals surface area contributed by atoms with Gasteiger partial charge in [-0.25, -0.2) is 13.2 Å². The number of carbonyl (C=O) groups is 2. The van der Waals surface area contributed by atoms with Crippen molar-refractivity contribution >= 4 is 45.1 Å². The van der Waals surface area contributed by atoms with Crippen LogP contribution in [0.3, 0.4) is 0 Å². The average Bonchev–Trinajstić information content (AvgIpc) is 2.79. The number of anilines is 1. The summed E-state index contributed by atoms with van der Waals surface area (Å²) in [7, 11) is -3.92. The second kappa shape index (κ2) is 14.1. The number of sulfonamides is 1. The Labute approximate surface area is 219 Å². The predicted octanol–water partition coefficient (Wildman–Crippen LogP) is 0.707. The highest BCUT2D eigenvalue weighted by Crippen LogP contribution is 2.18. The van der Waals surface area contributed by atoms with Crippen LogP contribution in [0.4, 0.5) is 18.9 Å². The Morgan fingerprint density at radius 3 is 2.34 bits per heavy atom. The molecule has 0 saturated heterocycles. The molecule has 0 fully saturated rings. The van der Waals surface area contributed by atoms with Gasteiger partial charge in [0.1, 0.15) is 18.8 Å². The van der Waals surface area contributed by atoms with E-state index in [4.69, 9.17) is 37.8 Å². The summed E-state index contributed by atoms with van der Waals surface area (Å²) >= 11 is 6.01. The van der Waals surface area contributed by atoms with Crippen molar-refractivity contribution in [2.45, 2.75) is 25.4 Å². The zero-order valence-corrected chi connectivity index (χ0v) is 21.2. The zero-order chi connectivity index (χ0) is 29.1. The number of guanidine groups is 1. The lowest BCUT2D eigenvalue weighted by Gasteiger charge is -2.14. The summed E-state index contributed by atoms with van der Waals surface area (Å²) in [6, 6.07) is 9.38. The van der Waals surface area contributed by atoms with Gasteiger partial charge in [0.05, 0.1) is 12.3 Å². The molecule has 1 aromatic carbocycles. The molecule has 0 aliphatic heterocycles. The summed E-state index contributed by atoms with van der Waals surface area (Å²) in [6.07, 6.45) is -5.08. The van der Waals surface area contributed by atoms with E-state index < -0.39 is 39.4 Å². The standard InChI is InChI=1S/C18H23ClN6O5S.C2HF3O2/c1-12-6-7-15(24-31(28,29)11-13-4-2-3-5-14(13)19)17(27)25(12)10-16(26)22-8-9-30-23-18(20)21;3-2(4,5)1(6)7/h2-7,24H,8-11H2,1H3,(H,22,26)(H4,20,21,23);(H,6,7). The van der Waals surface area contributed by atoms with Crippen LogP contribution in [-0.4, -0.2) is 55.3 Å². The number of pyridine rings is 1. The van der Waals surface area contributed by atoms with Gasteiger partial charge in [0.15, 0.2) is 0 Å². The van der Waals surface area contributed by atoms with E-state index in [1.807, 2.05) is 0 Å². The number of hydrogen-bond donors (Lipinski definition) is 5. The van der Waals surface area contributed by atoms with Crippen LogP contribution >= 0.6 is 11.6 Å². The van der Waals surface area contributed by atoms with Crippen molar-refractivity contribution in [3.63, 3.8) is 0 Å². The van der Waals surface area contributed by atoms with Crippen molar-refractivity contribution < 1.29 is 41.1 Å². The molecule has 0 aliphatic carbocycles. The minimum absolute atomic E-state index is 0.0272. The van der Waals surface area contributed by atoms with Crippen LogP contribution in [0, 0.1) is 6.92 Å². The summed E-state index contributed by atoms with van der Waals surface area (Å²) < 4.78 is 60.2. The van der Waals surface area contributed by atoms with Crippen LogP contribution in [-0.2, 0) is 36.7 Å². The first-order valence-corrected chi connectivity index (χ1v) is 12.3. The number of aliphatic carboxylic acids is 1. The third-order valence-corrected chi connectivity index (χ3v) is 5.78. The van der Waals surface area contributed by atoms with Gasteiger partial charge in [-0.15, -0.1) is 0 Å². The zero-order valence-electron chi connectivity index (χ0n) is 19.7. The van der Waals surface area contributed by atoms with Gasteiger partial charge in [-0.05, 0) is 35.8 Å². The molecular formula is C20H24ClF3N6O7S. The molecule has 7 N–H and O–H groups in total. The SMILES string of the molecule is Cc1ccc(NS(=O)(=O)Cc2ccccc2Cl)c(=O)n1CC(=O)NCCON=C(N)N.O=C(O)C(F)(F)F. The highest BCUT2D eigenvalue weighted by atomic mass is 35.5. The van der Waals surface area contributed by atoms with Gasteiger partial charge in [-0.1, -0.05) is 29.8 Å². The first-order valence-electron chi connectivity index (χ1n) is 10.3. The van der Waals surface area contributed by atoms with Crippen LogP contribution in [0.1, 0.15) is 11.3 Å². The fourth-order valence-electron chi connectivity index (χ4n) is 2.52. The molecular weight excluding hydrogens is 561 g/mol. The summed E-state index contributed by atoms with van der Waals surface area (Å²) in [5, 5.41) is 13.3. The molecule has 2 rings (SSSR count). The minimum Gasteiger partial charge on any atom is -0.475 e. The van der Waals surface area contributed by atoms with E-state index >= 15 is 0 Å². The number of nitrogens with zero attached hydrogens (tertiary/aromatic N) is 2. The third-order valence-electron chi connectivity index (χ3n) is 4.19. The van der Waals surface area contributed by atoms with Crippen molar-refractivity contribution in [3.8, 4) is 0 Å². The number of oxime groups is 1. The third kappa shape index (κ3) is 11.4. The maximum atomic E-state index is 12.7. The first-order chi connectivity index (χ1) is 17.5. The number of halogens is 4. The number of aryl methyl sites for hydroxylation is 1. The molecule has 210 valence electrons. The van der Waals surface area contributed by atoms with Crippen LogP contribution in [0.25, 0.3) is 0 Å². The summed E-state index contributed by atoms with van der Waals surface area (Å²) in [5.41, 5.74) is 10.2. The fraction of sp³-hybridized carbons (Fsp3) is 0.300. The van der Waals surface area contributed by atoms with Crippen molar-refractivity contribution in [2.24, 2.45) is 16.6 Å². The van der Waals surface area contributed by atoms with Crippen LogP contribution in [0.5, 0.6) is 0 Å². The lowest BCUT2D eigenvalue weighted by molar-refractivity contribution is -0.192. The second-order valence-corrected chi connectivity index (χ2v) is 9.36. The van der Waals surface area contributed by atoms with Gasteiger partial charge < -0.3 is 31.3 Å². The van der Waals surface area contributed by atoms with Gasteiger partial charge in [0.25, 0.3) is 5.56 Å². The number of carboxylic acid groups (broad SMARTS) is 1. The van der Waals surface area contributed by atoms with E-state index in [0.717, 1.165) is 4.57 Å². The monoisotopic (exact) mass is 584 g/mol. The number of carboxylic acids is 1. The topological polar surface area (TPSA) is 208 Å². The lowest BCUT2D eigenvalue weighted by Crippen LogP contribution is -2.36. The van der Waals surface area contributed by atoms with Crippen molar-refractivity contribution in [1.29, 1.82) is 0 Å². The van der Waals surface area contributed by atoms with E-state index in [9.17, 15) is 31.2 Å². The Morgan fingerprint density at radius 1 is 1.18 bits per heavy atom.